The van der Waals surface area contributed by atoms with Crippen LogP contribution in [0, 0.1) is 23.2 Å². The van der Waals surface area contributed by atoms with Crippen LogP contribution in [0.1, 0.15) is 91.9 Å². The topological polar surface area (TPSA) is 66.8 Å². The Balaban J connectivity index is 1.71. The van der Waals surface area contributed by atoms with Crippen LogP contribution in [0.4, 0.5) is 0 Å². The number of allylic oxidation sites excluding steroid dienone is 3. The molecule has 0 aromatic heterocycles. The van der Waals surface area contributed by atoms with E-state index >= 15 is 0 Å². The molecule has 34 heavy (non-hydrogen) atoms. The quantitative estimate of drug-likeness (QED) is 0.269. The van der Waals surface area contributed by atoms with Gasteiger partial charge in [0.2, 0.25) is 0 Å². The minimum atomic E-state index is -0.663. The van der Waals surface area contributed by atoms with E-state index in [2.05, 4.69) is 48.5 Å². The number of aliphatic hydroxyl groups excluding tert-OH is 1. The summed E-state index contributed by atoms with van der Waals surface area (Å²) in [7, 11) is 0. The van der Waals surface area contributed by atoms with Crippen molar-refractivity contribution in [3.05, 3.63) is 35.5 Å². The molecule has 0 spiro atoms. The van der Waals surface area contributed by atoms with Gasteiger partial charge in [0.1, 0.15) is 11.4 Å². The van der Waals surface area contributed by atoms with Crippen molar-refractivity contribution in [2.24, 2.45) is 23.2 Å². The normalized spacial score (nSPS) is 35.4. The molecule has 0 bridgehead atoms. The summed E-state index contributed by atoms with van der Waals surface area (Å²) in [6, 6.07) is 0. The molecule has 0 heterocycles. The van der Waals surface area contributed by atoms with Gasteiger partial charge >= 0.3 is 5.97 Å². The average molecular weight is 538 g/mol. The molecule has 6 atom stereocenters. The number of ether oxygens (including phenoxy) is 1. The molecule has 3 aliphatic rings. The molecule has 5 heteroatoms. The van der Waals surface area contributed by atoms with Crippen LogP contribution in [0.25, 0.3) is 0 Å². The molecular weight excluding hydrogens is 492 g/mol. The van der Waals surface area contributed by atoms with Crippen LogP contribution in [0.5, 0.6) is 0 Å². The lowest BCUT2D eigenvalue weighted by molar-refractivity contribution is -0.147. The number of esters is 1. The maximum absolute atomic E-state index is 11.7. The highest BCUT2D eigenvalue weighted by molar-refractivity contribution is 9.09. The van der Waals surface area contributed by atoms with Gasteiger partial charge < -0.3 is 14.9 Å². The van der Waals surface area contributed by atoms with Gasteiger partial charge in [0.25, 0.3) is 0 Å². The van der Waals surface area contributed by atoms with Crippen molar-refractivity contribution in [1.29, 1.82) is 0 Å². The van der Waals surface area contributed by atoms with Gasteiger partial charge in [-0.2, -0.15) is 0 Å². The molecule has 2 N–H and O–H groups in total. The third-order valence-corrected chi connectivity index (χ3v) is 9.28. The Labute approximate surface area is 215 Å². The zero-order valence-corrected chi connectivity index (χ0v) is 23.2. The summed E-state index contributed by atoms with van der Waals surface area (Å²) in [5.41, 5.74) is 3.06. The molecule has 0 aliphatic heterocycles. The van der Waals surface area contributed by atoms with Gasteiger partial charge in [-0.15, -0.1) is 0 Å². The van der Waals surface area contributed by atoms with Crippen LogP contribution >= 0.6 is 15.9 Å². The number of hydrogen-bond donors (Lipinski definition) is 2. The zero-order valence-electron chi connectivity index (χ0n) is 21.6. The molecular formula is C29H45BrO4. The first-order valence-electron chi connectivity index (χ1n) is 13.2. The van der Waals surface area contributed by atoms with E-state index in [1.807, 2.05) is 13.8 Å². The lowest BCUT2D eigenvalue weighted by atomic mass is 9.60. The summed E-state index contributed by atoms with van der Waals surface area (Å²) in [6.45, 7) is 12.9. The standard InChI is InChI=1S/C29H45BrO4/c1-19(8-6-14-28(3,4)33)24-12-13-25-21(9-7-15-29(24,25)5)10-11-22-16-23(34-27(32)18-30)17-26(31)20(22)2/h10-11,19,23-26,31,33H,2,6-9,12-18H2,1,3-5H3/b21-10+,22-11-/t19-,23-,24-,25+,26-,29-/m1/s1. The van der Waals surface area contributed by atoms with E-state index in [9.17, 15) is 15.0 Å². The number of hydrogen-bond acceptors (Lipinski definition) is 4. The highest BCUT2D eigenvalue weighted by Crippen LogP contribution is 2.60. The second kappa shape index (κ2) is 11.4. The van der Waals surface area contributed by atoms with Crippen molar-refractivity contribution >= 4 is 21.9 Å². The van der Waals surface area contributed by atoms with Gasteiger partial charge in [-0.3, -0.25) is 4.79 Å². The fraction of sp³-hybridized carbons (Fsp3) is 0.759. The number of aliphatic hydroxyl groups is 2. The lowest BCUT2D eigenvalue weighted by Gasteiger charge is -2.44. The minimum Gasteiger partial charge on any atom is -0.461 e. The predicted octanol–water partition coefficient (Wildman–Crippen LogP) is 6.65. The Morgan fingerprint density at radius 3 is 2.76 bits per heavy atom. The smallest absolute Gasteiger partial charge is 0.316 e. The predicted molar refractivity (Wildman–Crippen MR) is 142 cm³/mol. The molecule has 0 aromatic rings. The fourth-order valence-corrected chi connectivity index (χ4v) is 7.16. The fourth-order valence-electron chi connectivity index (χ4n) is 7.03. The SMILES string of the molecule is C=C1/C(=C\C=C2/CCC[C@]3(C)[C@@H]([C@H](C)CCCC(C)(C)O)CC[C@@H]23)C[C@@H](OC(=O)CBr)C[C@H]1O. The highest BCUT2D eigenvalue weighted by atomic mass is 79.9. The minimum absolute atomic E-state index is 0.168. The second-order valence-electron chi connectivity index (χ2n) is 11.9. The number of carbonyl (C=O) groups is 1. The van der Waals surface area contributed by atoms with Crippen molar-refractivity contribution in [2.45, 2.75) is 110 Å². The average Bonchev–Trinajstić information content (AvgIpc) is 3.11. The van der Waals surface area contributed by atoms with E-state index in [1.165, 1.54) is 37.7 Å². The summed E-state index contributed by atoms with van der Waals surface area (Å²) >= 11 is 3.14. The van der Waals surface area contributed by atoms with Crippen LogP contribution in [-0.2, 0) is 9.53 Å². The first-order valence-corrected chi connectivity index (χ1v) is 14.3. The summed E-state index contributed by atoms with van der Waals surface area (Å²) < 4.78 is 5.50. The van der Waals surface area contributed by atoms with Crippen LogP contribution in [0.2, 0.25) is 0 Å². The summed E-state index contributed by atoms with van der Waals surface area (Å²) in [5, 5.41) is 20.7. The molecule has 0 radical (unpaired) electrons. The van der Waals surface area contributed by atoms with Crippen LogP contribution in [-0.4, -0.2) is 39.3 Å². The molecule has 3 rings (SSSR count). The Kier molecular flexibility index (Phi) is 9.30. The monoisotopic (exact) mass is 536 g/mol. The first-order chi connectivity index (χ1) is 15.9. The lowest BCUT2D eigenvalue weighted by Crippen LogP contribution is -2.36. The van der Waals surface area contributed by atoms with Crippen molar-refractivity contribution in [3.8, 4) is 0 Å². The Bertz CT molecular complexity index is 807. The van der Waals surface area contributed by atoms with Crippen LogP contribution in [0.15, 0.2) is 35.5 Å². The van der Waals surface area contributed by atoms with Gasteiger partial charge in [0.15, 0.2) is 0 Å². The van der Waals surface area contributed by atoms with E-state index in [-0.39, 0.29) is 17.4 Å². The van der Waals surface area contributed by atoms with Crippen LogP contribution in [0.3, 0.4) is 0 Å². The van der Waals surface area contributed by atoms with Crippen molar-refractivity contribution in [1.82, 2.24) is 0 Å². The zero-order chi connectivity index (χ0) is 25.1. The Hall–Kier alpha value is -0.910. The van der Waals surface area contributed by atoms with Crippen LogP contribution < -0.4 is 0 Å². The van der Waals surface area contributed by atoms with E-state index in [0.29, 0.717) is 30.1 Å². The van der Waals surface area contributed by atoms with Gasteiger partial charge in [-0.05, 0) is 86.7 Å². The second-order valence-corrected chi connectivity index (χ2v) is 12.5. The van der Waals surface area contributed by atoms with E-state index < -0.39 is 11.7 Å². The van der Waals surface area contributed by atoms with Gasteiger partial charge in [0, 0.05) is 12.8 Å². The maximum atomic E-state index is 11.7. The number of halogens is 1. The summed E-state index contributed by atoms with van der Waals surface area (Å²) in [5.74, 6) is 1.73. The summed E-state index contributed by atoms with van der Waals surface area (Å²) in [6.07, 6.45) is 13.8. The van der Waals surface area contributed by atoms with E-state index in [1.54, 1.807) is 0 Å². The molecule has 0 unspecified atom stereocenters. The third kappa shape index (κ3) is 6.64. The van der Waals surface area contributed by atoms with Crippen molar-refractivity contribution in [2.75, 3.05) is 5.33 Å². The number of alkyl halides is 1. The molecule has 0 saturated heterocycles. The van der Waals surface area contributed by atoms with Crippen molar-refractivity contribution < 1.29 is 19.7 Å². The Morgan fingerprint density at radius 1 is 1.35 bits per heavy atom. The maximum Gasteiger partial charge on any atom is 0.316 e. The third-order valence-electron chi connectivity index (χ3n) is 8.83. The number of carbonyl (C=O) groups excluding carboxylic acids is 1. The highest BCUT2D eigenvalue weighted by Gasteiger charge is 2.50. The molecule has 3 aliphatic carbocycles. The molecule has 0 aromatic carbocycles. The summed E-state index contributed by atoms with van der Waals surface area (Å²) in [4.78, 5) is 11.7. The molecule has 3 fully saturated rings. The van der Waals surface area contributed by atoms with Gasteiger partial charge in [-0.1, -0.05) is 66.9 Å². The largest absolute Gasteiger partial charge is 0.461 e. The van der Waals surface area contributed by atoms with Gasteiger partial charge in [0.05, 0.1) is 11.7 Å². The van der Waals surface area contributed by atoms with E-state index in [4.69, 9.17) is 4.74 Å². The van der Waals surface area contributed by atoms with Gasteiger partial charge in [-0.25, -0.2) is 0 Å². The number of fused-ring (bicyclic) bond motifs is 1. The number of rotatable bonds is 8. The molecule has 4 nitrogen and oxygen atoms in total. The first kappa shape index (κ1) is 27.7. The molecule has 192 valence electrons. The Morgan fingerprint density at radius 2 is 2.09 bits per heavy atom. The molecule has 0 amide bonds. The van der Waals surface area contributed by atoms with E-state index in [0.717, 1.165) is 36.3 Å². The molecule has 3 saturated carbocycles. The van der Waals surface area contributed by atoms with Crippen molar-refractivity contribution in [3.63, 3.8) is 0 Å².